The summed E-state index contributed by atoms with van der Waals surface area (Å²) in [4.78, 5) is 40.6. The van der Waals surface area contributed by atoms with Crippen molar-refractivity contribution in [2.45, 2.75) is 13.8 Å². The molecular formula is C28H25ClN3O10-3. The number of aromatic nitrogens is 1. The number of carboxylic acids is 3. The van der Waals surface area contributed by atoms with Crippen LogP contribution < -0.4 is 34.6 Å². The minimum absolute atomic E-state index is 0.0133. The second kappa shape index (κ2) is 13.2. The second-order valence-electron chi connectivity index (χ2n) is 8.87. The van der Waals surface area contributed by atoms with Gasteiger partial charge in [-0.3, -0.25) is 0 Å². The highest BCUT2D eigenvalue weighted by Gasteiger charge is 2.19. The molecule has 42 heavy (non-hydrogen) atoms. The molecule has 13 nitrogen and oxygen atoms in total. The van der Waals surface area contributed by atoms with Gasteiger partial charge in [0.25, 0.3) is 5.89 Å². The number of aliphatic carboxylic acids is 2. The summed E-state index contributed by atoms with van der Waals surface area (Å²) in [6.45, 7) is 3.51. The normalized spacial score (nSPS) is 10.9. The van der Waals surface area contributed by atoms with Crippen molar-refractivity contribution in [3.05, 3.63) is 53.4 Å². The Morgan fingerprint density at radius 1 is 0.857 bits per heavy atom. The van der Waals surface area contributed by atoms with Crippen molar-refractivity contribution < 1.29 is 48.0 Å². The Balaban J connectivity index is 1.59. The molecule has 0 N–H and O–H groups in total. The van der Waals surface area contributed by atoms with E-state index in [1.807, 2.05) is 0 Å². The molecule has 0 aliphatic carbocycles. The monoisotopic (exact) mass is 598 g/mol. The number of halogens is 1. The summed E-state index contributed by atoms with van der Waals surface area (Å²) in [5, 5.41) is 34.6. The predicted molar refractivity (Wildman–Crippen MR) is 144 cm³/mol. The summed E-state index contributed by atoms with van der Waals surface area (Å²) in [5.41, 5.74) is 1.25. The minimum Gasteiger partial charge on any atom is -0.548 e. The molecule has 14 heteroatoms. The average molecular weight is 599 g/mol. The number of carbonyl (C=O) groups excluding carboxylic acids is 3. The Morgan fingerprint density at radius 3 is 2.05 bits per heavy atom. The summed E-state index contributed by atoms with van der Waals surface area (Å²) < 4.78 is 22.9. The van der Waals surface area contributed by atoms with Gasteiger partial charge in [0.1, 0.15) is 36.3 Å². The molecule has 0 bridgehead atoms. The number of carboxylic acid groups (broad SMARTS) is 3. The lowest BCUT2D eigenvalue weighted by Gasteiger charge is -2.27. The van der Waals surface area contributed by atoms with Crippen LogP contribution in [-0.2, 0) is 9.59 Å². The van der Waals surface area contributed by atoms with E-state index >= 15 is 0 Å². The third-order valence-electron chi connectivity index (χ3n) is 6.12. The number of anilines is 2. The van der Waals surface area contributed by atoms with Gasteiger partial charge in [0.2, 0.25) is 0 Å². The zero-order valence-corrected chi connectivity index (χ0v) is 23.3. The SMILES string of the molecule is CCN(CC(=O)[O-])c1ccc(Cl)cc1OCCOc1cc2cc(-c3ncc(C(=O)[O-])o3)oc2cc1N(CC)CC(=O)[O-]. The molecule has 4 rings (SSSR count). The summed E-state index contributed by atoms with van der Waals surface area (Å²) in [5.74, 6) is -3.83. The lowest BCUT2D eigenvalue weighted by molar-refractivity contribution is -0.304. The average Bonchev–Trinajstić information content (AvgIpc) is 3.60. The van der Waals surface area contributed by atoms with Crippen LogP contribution >= 0.6 is 11.6 Å². The Morgan fingerprint density at radius 2 is 1.48 bits per heavy atom. The standard InChI is InChI=1S/C28H28ClN3O10/c1-3-31(14-25(33)34)18-6-5-17(29)11-22(18)40-8-7-39-21-9-16-10-23(27-30-13-24(42-27)28(37)38)41-20(16)12-19(21)32(4-2)15-26(35)36/h5-6,9-13H,3-4,7-8,14-15H2,1-2H3,(H,33,34)(H,35,36)(H,37,38)/p-3. The molecule has 2 heterocycles. The van der Waals surface area contributed by atoms with Gasteiger partial charge in [-0.25, -0.2) is 4.98 Å². The maximum atomic E-state index is 11.4. The summed E-state index contributed by atoms with van der Waals surface area (Å²) in [7, 11) is 0. The molecule has 2 aromatic heterocycles. The maximum absolute atomic E-state index is 11.4. The zero-order chi connectivity index (χ0) is 30.4. The molecule has 0 spiro atoms. The topological polar surface area (TPSA) is 185 Å². The summed E-state index contributed by atoms with van der Waals surface area (Å²) in [6, 6.07) is 9.60. The van der Waals surface area contributed by atoms with Crippen molar-refractivity contribution in [3.8, 4) is 23.1 Å². The molecule has 0 saturated carbocycles. The van der Waals surface area contributed by atoms with E-state index in [0.29, 0.717) is 52.0 Å². The number of fused-ring (bicyclic) bond motifs is 1. The van der Waals surface area contributed by atoms with E-state index in [-0.39, 0.29) is 31.4 Å². The number of nitrogens with zero attached hydrogens (tertiary/aromatic N) is 3. The maximum Gasteiger partial charge on any atom is 0.263 e. The van der Waals surface area contributed by atoms with Crippen LogP contribution in [0.5, 0.6) is 11.5 Å². The largest absolute Gasteiger partial charge is 0.548 e. The van der Waals surface area contributed by atoms with Crippen molar-refractivity contribution in [1.82, 2.24) is 4.98 Å². The van der Waals surface area contributed by atoms with Gasteiger partial charge in [-0.1, -0.05) is 11.6 Å². The third-order valence-corrected chi connectivity index (χ3v) is 6.36. The van der Waals surface area contributed by atoms with Gasteiger partial charge in [0.15, 0.2) is 11.5 Å². The molecule has 0 unspecified atom stereocenters. The number of hydrogen-bond donors (Lipinski definition) is 0. The number of carbonyl (C=O) groups is 3. The first-order valence-electron chi connectivity index (χ1n) is 12.8. The van der Waals surface area contributed by atoms with Gasteiger partial charge in [-0.05, 0) is 38.1 Å². The number of likely N-dealkylation sites (N-methyl/N-ethyl adjacent to an activating group) is 2. The van der Waals surface area contributed by atoms with Gasteiger partial charge in [-0.2, -0.15) is 0 Å². The molecule has 0 fully saturated rings. The van der Waals surface area contributed by atoms with E-state index in [4.69, 9.17) is 29.9 Å². The van der Waals surface area contributed by atoms with E-state index < -0.39 is 30.2 Å². The quantitative estimate of drug-likeness (QED) is 0.174. The number of hydrogen-bond acceptors (Lipinski definition) is 13. The highest BCUT2D eigenvalue weighted by molar-refractivity contribution is 6.30. The fourth-order valence-corrected chi connectivity index (χ4v) is 4.38. The Hall–Kier alpha value is -4.91. The zero-order valence-electron chi connectivity index (χ0n) is 22.6. The molecule has 0 radical (unpaired) electrons. The van der Waals surface area contributed by atoms with Crippen molar-refractivity contribution in [2.75, 3.05) is 49.2 Å². The number of benzene rings is 2. The molecule has 0 amide bonds. The first kappa shape index (κ1) is 30.1. The van der Waals surface area contributed by atoms with Crippen molar-refractivity contribution in [3.63, 3.8) is 0 Å². The minimum atomic E-state index is -1.53. The Labute approximate surface area is 244 Å². The van der Waals surface area contributed by atoms with E-state index in [1.165, 1.54) is 4.90 Å². The van der Waals surface area contributed by atoms with Crippen molar-refractivity contribution in [1.29, 1.82) is 0 Å². The van der Waals surface area contributed by atoms with Crippen molar-refractivity contribution >= 4 is 51.9 Å². The first-order valence-corrected chi connectivity index (χ1v) is 13.2. The van der Waals surface area contributed by atoms with Gasteiger partial charge in [0, 0.05) is 35.6 Å². The number of oxazole rings is 1. The van der Waals surface area contributed by atoms with Gasteiger partial charge in [0.05, 0.1) is 42.6 Å². The Kier molecular flexibility index (Phi) is 9.42. The molecule has 4 aromatic rings. The van der Waals surface area contributed by atoms with Crippen LogP contribution in [0.1, 0.15) is 24.4 Å². The fraction of sp³-hybridized carbons (Fsp3) is 0.286. The Bertz CT molecular complexity index is 1600. The number of aromatic carboxylic acids is 1. The van der Waals surface area contributed by atoms with Crippen LogP contribution in [0.4, 0.5) is 11.4 Å². The van der Waals surface area contributed by atoms with Crippen LogP contribution in [0.3, 0.4) is 0 Å². The van der Waals surface area contributed by atoms with Crippen LogP contribution in [0.2, 0.25) is 5.02 Å². The molecule has 222 valence electrons. The number of rotatable bonds is 15. The van der Waals surface area contributed by atoms with Crippen LogP contribution in [0.25, 0.3) is 22.6 Å². The fourth-order valence-electron chi connectivity index (χ4n) is 4.22. The van der Waals surface area contributed by atoms with E-state index in [2.05, 4.69) is 4.98 Å². The number of ether oxygens (including phenoxy) is 2. The highest BCUT2D eigenvalue weighted by Crippen LogP contribution is 2.37. The summed E-state index contributed by atoms with van der Waals surface area (Å²) in [6.07, 6.45) is 1.00. The van der Waals surface area contributed by atoms with Crippen LogP contribution in [-0.4, -0.2) is 62.3 Å². The van der Waals surface area contributed by atoms with Crippen LogP contribution in [0.15, 0.2) is 51.4 Å². The van der Waals surface area contributed by atoms with E-state index in [1.54, 1.807) is 55.1 Å². The molecule has 0 atom stereocenters. The first-order chi connectivity index (χ1) is 20.1. The van der Waals surface area contributed by atoms with Gasteiger partial charge >= 0.3 is 0 Å². The smallest absolute Gasteiger partial charge is 0.263 e. The van der Waals surface area contributed by atoms with Gasteiger partial charge in [-0.15, -0.1) is 0 Å². The number of furan rings is 1. The molecule has 0 aliphatic rings. The lowest BCUT2D eigenvalue weighted by atomic mass is 10.2. The van der Waals surface area contributed by atoms with E-state index in [9.17, 15) is 29.7 Å². The van der Waals surface area contributed by atoms with E-state index in [0.717, 1.165) is 6.20 Å². The predicted octanol–water partition coefficient (Wildman–Crippen LogP) is 0.715. The van der Waals surface area contributed by atoms with Crippen molar-refractivity contribution in [2.24, 2.45) is 0 Å². The molecule has 0 saturated heterocycles. The second-order valence-corrected chi connectivity index (χ2v) is 9.30. The lowest BCUT2D eigenvalue weighted by Crippen LogP contribution is -2.38. The molecular weight excluding hydrogens is 574 g/mol. The molecule has 2 aromatic carbocycles. The summed E-state index contributed by atoms with van der Waals surface area (Å²) >= 11 is 6.14. The molecule has 0 aliphatic heterocycles. The third kappa shape index (κ3) is 7.04. The van der Waals surface area contributed by atoms with Crippen LogP contribution in [0, 0.1) is 0 Å². The van der Waals surface area contributed by atoms with Gasteiger partial charge < -0.3 is 57.8 Å². The highest BCUT2D eigenvalue weighted by atomic mass is 35.5.